The van der Waals surface area contributed by atoms with E-state index in [-0.39, 0.29) is 43.1 Å². The summed E-state index contributed by atoms with van der Waals surface area (Å²) < 4.78 is 37.6. The quantitative estimate of drug-likeness (QED) is 0.240. The number of methoxy groups -OCH3 is 1. The highest BCUT2D eigenvalue weighted by molar-refractivity contribution is 5.73. The van der Waals surface area contributed by atoms with Crippen molar-refractivity contribution in [3.8, 4) is 0 Å². The predicted octanol–water partition coefficient (Wildman–Crippen LogP) is 3.24. The Kier molecular flexibility index (Phi) is 15.6. The van der Waals surface area contributed by atoms with Crippen LogP contribution in [0.2, 0.25) is 0 Å². The lowest BCUT2D eigenvalue weighted by Crippen LogP contribution is -2.59. The molecule has 0 saturated carbocycles. The molecule has 0 aromatic heterocycles. The van der Waals surface area contributed by atoms with Crippen molar-refractivity contribution in [2.75, 3.05) is 20.7 Å². The van der Waals surface area contributed by atoms with E-state index in [0.29, 0.717) is 13.0 Å². The number of cyclic esters (lactones) is 1. The monoisotopic (exact) mass is 748 g/mol. The van der Waals surface area contributed by atoms with E-state index in [1.165, 1.54) is 14.0 Å². The van der Waals surface area contributed by atoms with Gasteiger partial charge in [-0.25, -0.2) is 0 Å². The molecule has 8 unspecified atom stereocenters. The van der Waals surface area contributed by atoms with E-state index in [0.717, 1.165) is 0 Å². The Balaban J connectivity index is 2.17. The van der Waals surface area contributed by atoms with Crippen molar-refractivity contribution in [1.82, 2.24) is 4.90 Å². The summed E-state index contributed by atoms with van der Waals surface area (Å²) in [5, 5.41) is 58.2. The summed E-state index contributed by atoms with van der Waals surface area (Å²) in [6.45, 7) is 22.2. The number of rotatable bonds is 7. The highest BCUT2D eigenvalue weighted by atomic mass is 16.7. The Bertz CT molecular complexity index is 1140. The molecule has 0 radical (unpaired) electrons. The molecule has 0 spiro atoms. The lowest BCUT2D eigenvalue weighted by Gasteiger charge is -2.48. The van der Waals surface area contributed by atoms with Crippen molar-refractivity contribution in [3.63, 3.8) is 0 Å². The Hall–Kier alpha value is -0.970. The van der Waals surface area contributed by atoms with Gasteiger partial charge in [-0.1, -0.05) is 34.6 Å². The smallest absolute Gasteiger partial charge is 0.311 e. The van der Waals surface area contributed by atoms with Gasteiger partial charge in [0.15, 0.2) is 12.6 Å². The molecule has 3 aliphatic rings. The number of carbonyl (C=O) groups excluding carboxylic acids is 1. The molecule has 3 fully saturated rings. The van der Waals surface area contributed by atoms with Crippen LogP contribution in [0, 0.1) is 29.6 Å². The molecule has 0 aromatic carbocycles. The average Bonchev–Trinajstić information content (AvgIpc) is 3.05. The van der Waals surface area contributed by atoms with Crippen molar-refractivity contribution >= 4 is 5.97 Å². The highest BCUT2D eigenvalue weighted by Crippen LogP contribution is 2.41. The van der Waals surface area contributed by atoms with Crippen molar-refractivity contribution in [2.24, 2.45) is 29.6 Å². The first-order valence-corrected chi connectivity index (χ1v) is 19.5. The molecule has 0 aromatic rings. The summed E-state index contributed by atoms with van der Waals surface area (Å²) in [7, 11) is 3.36. The average molecular weight is 748 g/mol. The molecular weight excluding hydrogens is 674 g/mol. The fourth-order valence-electron chi connectivity index (χ4n) is 8.95. The summed E-state index contributed by atoms with van der Waals surface area (Å²) in [4.78, 5) is 16.1. The number of hydrogen-bond acceptors (Lipinski definition) is 13. The summed E-state index contributed by atoms with van der Waals surface area (Å²) in [5.74, 6) is -2.50. The van der Waals surface area contributed by atoms with Crippen LogP contribution < -0.4 is 0 Å². The van der Waals surface area contributed by atoms with Gasteiger partial charge in [-0.15, -0.1) is 0 Å². The third-order valence-electron chi connectivity index (χ3n) is 12.5. The van der Waals surface area contributed by atoms with Crippen LogP contribution in [0.25, 0.3) is 0 Å². The second-order valence-corrected chi connectivity index (χ2v) is 17.5. The lowest BCUT2D eigenvalue weighted by molar-refractivity contribution is -0.319. The molecule has 5 N–H and O–H groups in total. The number of likely N-dealkylation sites (N-methyl/N-ethyl adjacent to an activating group) is 1. The van der Waals surface area contributed by atoms with E-state index < -0.39 is 96.0 Å². The van der Waals surface area contributed by atoms with Gasteiger partial charge in [-0.3, -0.25) is 4.79 Å². The molecule has 3 heterocycles. The number of aliphatic hydroxyl groups is 5. The summed E-state index contributed by atoms with van der Waals surface area (Å²) in [6.07, 6.45) is -7.89. The number of nitrogens with zero attached hydrogens (tertiary/aromatic N) is 1. The van der Waals surface area contributed by atoms with Crippen molar-refractivity contribution in [2.45, 2.75) is 193 Å². The zero-order valence-corrected chi connectivity index (χ0v) is 34.3. The van der Waals surface area contributed by atoms with Crippen LogP contribution in [-0.4, -0.2) is 141 Å². The van der Waals surface area contributed by atoms with Crippen LogP contribution in [-0.2, 0) is 33.2 Å². The first-order chi connectivity index (χ1) is 23.9. The van der Waals surface area contributed by atoms with E-state index in [1.54, 1.807) is 41.5 Å². The fraction of sp³-hybridized carbons (Fsp3) is 0.974. The molecule has 3 saturated heterocycles. The van der Waals surface area contributed by atoms with Gasteiger partial charge < -0.3 is 58.9 Å². The van der Waals surface area contributed by atoms with Gasteiger partial charge in [0, 0.05) is 32.0 Å². The van der Waals surface area contributed by atoms with Crippen LogP contribution in [0.5, 0.6) is 0 Å². The topological polar surface area (TPSA) is 177 Å². The summed E-state index contributed by atoms with van der Waals surface area (Å²) >= 11 is 0. The lowest BCUT2D eigenvalue weighted by atomic mass is 9.77. The minimum Gasteiger partial charge on any atom is -0.459 e. The van der Waals surface area contributed by atoms with Gasteiger partial charge in [0.25, 0.3) is 0 Å². The van der Waals surface area contributed by atoms with Crippen LogP contribution >= 0.6 is 0 Å². The maximum Gasteiger partial charge on any atom is 0.311 e. The second-order valence-electron chi connectivity index (χ2n) is 17.5. The normalized spacial score (nSPS) is 49.6. The Morgan fingerprint density at radius 2 is 1.56 bits per heavy atom. The van der Waals surface area contributed by atoms with E-state index in [1.807, 2.05) is 32.7 Å². The number of ether oxygens (including phenoxy) is 6. The van der Waals surface area contributed by atoms with Gasteiger partial charge in [0.2, 0.25) is 0 Å². The van der Waals surface area contributed by atoms with E-state index in [2.05, 4.69) is 13.8 Å². The third kappa shape index (κ3) is 10.1. The zero-order valence-electron chi connectivity index (χ0n) is 34.3. The van der Waals surface area contributed by atoms with Gasteiger partial charge in [-0.2, -0.15) is 0 Å². The highest BCUT2D eigenvalue weighted by Gasteiger charge is 2.52. The molecule has 306 valence electrons. The summed E-state index contributed by atoms with van der Waals surface area (Å²) in [6, 6.07) is -0.532. The fourth-order valence-corrected chi connectivity index (χ4v) is 8.95. The molecule has 13 heteroatoms. The molecule has 0 bridgehead atoms. The molecule has 3 aliphatic heterocycles. The minimum atomic E-state index is -1.79. The molecule has 52 heavy (non-hydrogen) atoms. The van der Waals surface area contributed by atoms with E-state index >= 15 is 0 Å². The molecule has 18 atom stereocenters. The SMILES string of the molecule is CCC1OC(=O)C(C)C(O[C@H]2C[C@@](C)(OC)[C@@H](O)C(C)O2)C(C)[C@@H](OC2OC(C)CC(C(C)C)[C@H]2O)[C@@](C)(O)C[C@@H](C)CN(C)[C@H](C)[C@@H](O)[C@]1(C)O. The second kappa shape index (κ2) is 17.9. The van der Waals surface area contributed by atoms with Gasteiger partial charge in [0.1, 0.15) is 30.0 Å². The van der Waals surface area contributed by atoms with Gasteiger partial charge in [-0.05, 0) is 92.5 Å². The van der Waals surface area contributed by atoms with Crippen molar-refractivity contribution in [1.29, 1.82) is 0 Å². The number of esters is 1. The number of carbonyl (C=O) groups is 1. The number of hydrogen-bond donors (Lipinski definition) is 5. The molecule has 0 amide bonds. The standard InChI is InChI=1S/C39H73NO12/c1-15-28-39(12,46)32(42)25(8)40(13)19-21(4)17-37(10,45)34(52-36-30(41)27(20(2)3)16-22(5)48-36)23(6)31(24(7)35(44)50-28)51-29-18-38(11,47-14)33(43)26(9)49-29/h20-34,36,41-43,45-46H,15-19H2,1-14H3/t21-,22?,23?,24?,25-,26?,27?,28?,29+,30-,31?,32-,33+,34-,36?,37+,38-,39-/m1/s1. The first kappa shape index (κ1) is 45.4. The Morgan fingerprint density at radius 3 is 2.12 bits per heavy atom. The predicted molar refractivity (Wildman–Crippen MR) is 195 cm³/mol. The minimum absolute atomic E-state index is 0.105. The largest absolute Gasteiger partial charge is 0.459 e. The third-order valence-corrected chi connectivity index (χ3v) is 12.5. The maximum absolute atomic E-state index is 14.2. The first-order valence-electron chi connectivity index (χ1n) is 19.5. The number of aliphatic hydroxyl groups excluding tert-OH is 3. The van der Waals surface area contributed by atoms with Crippen LogP contribution in [0.4, 0.5) is 0 Å². The maximum atomic E-state index is 14.2. The molecule has 0 aliphatic carbocycles. The van der Waals surface area contributed by atoms with Gasteiger partial charge >= 0.3 is 5.97 Å². The van der Waals surface area contributed by atoms with Gasteiger partial charge in [0.05, 0.1) is 41.5 Å². The molecular formula is C39H73NO12. The molecule has 13 nitrogen and oxygen atoms in total. The van der Waals surface area contributed by atoms with Crippen LogP contribution in [0.3, 0.4) is 0 Å². The molecule has 3 rings (SSSR count). The van der Waals surface area contributed by atoms with Crippen molar-refractivity contribution in [3.05, 3.63) is 0 Å². The van der Waals surface area contributed by atoms with Crippen molar-refractivity contribution < 1.29 is 58.7 Å². The van der Waals surface area contributed by atoms with Crippen LogP contribution in [0.15, 0.2) is 0 Å². The van der Waals surface area contributed by atoms with E-state index in [4.69, 9.17) is 28.4 Å². The Labute approximate surface area is 312 Å². The van der Waals surface area contributed by atoms with E-state index in [9.17, 15) is 30.3 Å². The summed E-state index contributed by atoms with van der Waals surface area (Å²) in [5.41, 5.74) is -4.35. The van der Waals surface area contributed by atoms with Crippen LogP contribution in [0.1, 0.15) is 109 Å². The Morgan fingerprint density at radius 1 is 0.942 bits per heavy atom. The zero-order chi connectivity index (χ0) is 39.7.